The number of ketones is 1. The van der Waals surface area contributed by atoms with E-state index in [1.165, 1.54) is 0 Å². The third kappa shape index (κ3) is 1.75. The fourth-order valence-electron chi connectivity index (χ4n) is 1.96. The molecule has 2 atom stereocenters. The lowest BCUT2D eigenvalue weighted by Crippen LogP contribution is -2.52. The molecule has 1 aromatic carbocycles. The van der Waals surface area contributed by atoms with E-state index in [4.69, 9.17) is 20.1 Å². The van der Waals surface area contributed by atoms with Crippen LogP contribution < -0.4 is 5.73 Å². The van der Waals surface area contributed by atoms with Crippen molar-refractivity contribution in [1.29, 1.82) is 0 Å². The number of halogens is 1. The zero-order chi connectivity index (χ0) is 13.6. The quantitative estimate of drug-likeness (QED) is 0.785. The van der Waals surface area contributed by atoms with Crippen LogP contribution in [0.5, 0.6) is 0 Å². The molecule has 1 fully saturated rings. The van der Waals surface area contributed by atoms with Gasteiger partial charge in [0.2, 0.25) is 0 Å². The molecular formula is C12H14ClNO2. The van der Waals surface area contributed by atoms with Crippen LogP contribution in [0.15, 0.2) is 24.3 Å². The van der Waals surface area contributed by atoms with Crippen LogP contribution in [0.1, 0.15) is 27.5 Å². The summed E-state index contributed by atoms with van der Waals surface area (Å²) >= 11 is 6.02. The average molecular weight is 242 g/mol. The van der Waals surface area contributed by atoms with Gasteiger partial charge in [-0.15, -0.1) is 0 Å². The molecule has 3 nitrogen and oxygen atoms in total. The van der Waals surface area contributed by atoms with E-state index in [0.717, 1.165) is 0 Å². The first-order valence-electron chi connectivity index (χ1n) is 6.05. The number of aliphatic hydroxyl groups is 1. The summed E-state index contributed by atoms with van der Waals surface area (Å²) in [6.07, 6.45) is -3.50. The van der Waals surface area contributed by atoms with E-state index >= 15 is 0 Å². The molecule has 0 amide bonds. The van der Waals surface area contributed by atoms with Crippen molar-refractivity contribution in [1.82, 2.24) is 0 Å². The molecule has 1 aliphatic carbocycles. The molecule has 2 unspecified atom stereocenters. The maximum Gasteiger partial charge on any atom is 0.185 e. The Kier molecular flexibility index (Phi) is 2.39. The second-order valence-electron chi connectivity index (χ2n) is 3.92. The second-order valence-corrected chi connectivity index (χ2v) is 4.33. The zero-order valence-electron chi connectivity index (χ0n) is 10.6. The number of Topliss-reactive ketones (excluding diaryl/α,β-unsaturated/α-hetero) is 1. The molecule has 86 valence electrons. The third-order valence-corrected chi connectivity index (χ3v) is 3.23. The van der Waals surface area contributed by atoms with Crippen molar-refractivity contribution < 1.29 is 12.6 Å². The van der Waals surface area contributed by atoms with Crippen molar-refractivity contribution in [2.24, 2.45) is 5.73 Å². The number of hydrogen-bond donors (Lipinski definition) is 2. The molecule has 0 aromatic heterocycles. The number of nitrogens with two attached hydrogens (primary N) is 1. The molecule has 0 heterocycles. The van der Waals surface area contributed by atoms with E-state index in [9.17, 15) is 9.90 Å². The standard InChI is InChI=1S/C12H14ClNO2/c13-9-5-2-1-4-8(9)12(14)7-3-6-10(15)11(12)16/h1-2,4-5,10,15H,3,6-7,14H2/i6D2. The van der Waals surface area contributed by atoms with Gasteiger partial charge in [-0.2, -0.15) is 0 Å². The van der Waals surface area contributed by atoms with E-state index < -0.39 is 23.8 Å². The summed E-state index contributed by atoms with van der Waals surface area (Å²) in [5, 5.41) is 10.1. The normalized spacial score (nSPS) is 35.4. The van der Waals surface area contributed by atoms with Crippen molar-refractivity contribution in [2.45, 2.75) is 30.9 Å². The zero-order valence-corrected chi connectivity index (χ0v) is 9.37. The van der Waals surface area contributed by atoms with Crippen LogP contribution in [0.25, 0.3) is 0 Å². The Balaban J connectivity index is 2.45. The summed E-state index contributed by atoms with van der Waals surface area (Å²) in [6, 6.07) is 6.68. The average Bonchev–Trinajstić information content (AvgIpc) is 2.33. The maximum atomic E-state index is 12.1. The minimum Gasteiger partial charge on any atom is -0.385 e. The molecule has 0 spiro atoms. The Bertz CT molecular complexity index is 495. The molecule has 2 rings (SSSR count). The van der Waals surface area contributed by atoms with Gasteiger partial charge in [0, 0.05) is 7.76 Å². The van der Waals surface area contributed by atoms with Crippen LogP contribution in [0.2, 0.25) is 5.02 Å². The minimum atomic E-state index is -1.93. The van der Waals surface area contributed by atoms with Crippen LogP contribution in [0, 0.1) is 0 Å². The fraction of sp³-hybridized carbons (Fsp3) is 0.417. The highest BCUT2D eigenvalue weighted by Gasteiger charge is 2.43. The Labute approximate surface area is 102 Å². The van der Waals surface area contributed by atoms with Gasteiger partial charge < -0.3 is 10.8 Å². The van der Waals surface area contributed by atoms with Crippen LogP contribution in [-0.2, 0) is 10.3 Å². The number of aliphatic hydroxyl groups excluding tert-OH is 1. The van der Waals surface area contributed by atoms with E-state index in [1.54, 1.807) is 24.3 Å². The predicted molar refractivity (Wildman–Crippen MR) is 62.2 cm³/mol. The van der Waals surface area contributed by atoms with Gasteiger partial charge in [0.05, 0.1) is 0 Å². The van der Waals surface area contributed by atoms with Crippen LogP contribution >= 0.6 is 11.6 Å². The lowest BCUT2D eigenvalue weighted by atomic mass is 9.75. The summed E-state index contributed by atoms with van der Waals surface area (Å²) in [5.74, 6) is -0.716. The molecule has 0 saturated heterocycles. The van der Waals surface area contributed by atoms with Crippen molar-refractivity contribution in [2.75, 3.05) is 0 Å². The molecule has 1 aromatic rings. The van der Waals surface area contributed by atoms with Gasteiger partial charge in [-0.1, -0.05) is 29.8 Å². The number of benzene rings is 1. The monoisotopic (exact) mass is 241 g/mol. The molecule has 0 aliphatic heterocycles. The SMILES string of the molecule is [2H]C1([2H])CCC(N)(c2ccccc2Cl)C(=O)C1O. The molecular weight excluding hydrogens is 226 g/mol. The number of hydrogen-bond acceptors (Lipinski definition) is 3. The molecule has 0 bridgehead atoms. The van der Waals surface area contributed by atoms with Crippen LogP contribution in [-0.4, -0.2) is 17.0 Å². The predicted octanol–water partition coefficient (Wildman–Crippen LogP) is 1.61. The van der Waals surface area contributed by atoms with E-state index in [0.29, 0.717) is 10.6 Å². The summed E-state index contributed by atoms with van der Waals surface area (Å²) in [4.78, 5) is 12.1. The Morgan fingerprint density at radius 2 is 2.25 bits per heavy atom. The van der Waals surface area contributed by atoms with Gasteiger partial charge in [0.25, 0.3) is 0 Å². The Hall–Kier alpha value is -0.900. The van der Waals surface area contributed by atoms with Crippen LogP contribution in [0.4, 0.5) is 0 Å². The minimum absolute atomic E-state index is 0.0155. The van der Waals surface area contributed by atoms with E-state index in [2.05, 4.69) is 0 Å². The summed E-state index contributed by atoms with van der Waals surface area (Å²) in [5.41, 5.74) is 5.10. The summed E-state index contributed by atoms with van der Waals surface area (Å²) in [6.45, 7) is 0. The van der Waals surface area contributed by atoms with Gasteiger partial charge >= 0.3 is 0 Å². The molecule has 1 aliphatic rings. The van der Waals surface area contributed by atoms with E-state index in [1.807, 2.05) is 0 Å². The molecule has 3 N–H and O–H groups in total. The number of carbonyl (C=O) groups is 1. The lowest BCUT2D eigenvalue weighted by molar-refractivity contribution is -0.136. The highest BCUT2D eigenvalue weighted by molar-refractivity contribution is 6.31. The second kappa shape index (κ2) is 4.17. The van der Waals surface area contributed by atoms with Crippen molar-refractivity contribution >= 4 is 17.4 Å². The summed E-state index contributed by atoms with van der Waals surface area (Å²) < 4.78 is 15.1. The highest BCUT2D eigenvalue weighted by atomic mass is 35.5. The van der Waals surface area contributed by atoms with Crippen molar-refractivity contribution in [3.63, 3.8) is 0 Å². The fourth-order valence-corrected chi connectivity index (χ4v) is 2.26. The van der Waals surface area contributed by atoms with Gasteiger partial charge in [0.1, 0.15) is 11.6 Å². The van der Waals surface area contributed by atoms with Crippen LogP contribution in [0.3, 0.4) is 0 Å². The van der Waals surface area contributed by atoms with Gasteiger partial charge in [-0.05, 0) is 30.8 Å². The lowest BCUT2D eigenvalue weighted by Gasteiger charge is -2.35. The maximum absolute atomic E-state index is 12.1. The number of carbonyl (C=O) groups excluding carboxylic acids is 1. The molecule has 16 heavy (non-hydrogen) atoms. The largest absolute Gasteiger partial charge is 0.385 e. The first kappa shape index (κ1) is 9.16. The Morgan fingerprint density at radius 1 is 1.56 bits per heavy atom. The van der Waals surface area contributed by atoms with Gasteiger partial charge in [-0.3, -0.25) is 4.79 Å². The Morgan fingerprint density at radius 3 is 2.94 bits per heavy atom. The first-order chi connectivity index (χ1) is 8.29. The van der Waals surface area contributed by atoms with Crippen molar-refractivity contribution in [3.05, 3.63) is 34.9 Å². The van der Waals surface area contributed by atoms with Crippen molar-refractivity contribution in [3.8, 4) is 0 Å². The van der Waals surface area contributed by atoms with Gasteiger partial charge in [0.15, 0.2) is 5.78 Å². The summed E-state index contributed by atoms with van der Waals surface area (Å²) in [7, 11) is 0. The molecule has 4 heteroatoms. The molecule has 0 radical (unpaired) electrons. The van der Waals surface area contributed by atoms with E-state index in [-0.39, 0.29) is 12.8 Å². The topological polar surface area (TPSA) is 63.3 Å². The highest BCUT2D eigenvalue weighted by Crippen LogP contribution is 2.35. The number of rotatable bonds is 1. The molecule has 1 saturated carbocycles. The van der Waals surface area contributed by atoms with Gasteiger partial charge in [-0.25, -0.2) is 0 Å². The third-order valence-electron chi connectivity index (χ3n) is 2.90. The first-order valence-corrected chi connectivity index (χ1v) is 5.43. The smallest absolute Gasteiger partial charge is 0.185 e.